The van der Waals surface area contributed by atoms with Gasteiger partial charge in [-0.1, -0.05) is 32.9 Å². The summed E-state index contributed by atoms with van der Waals surface area (Å²) in [6.07, 6.45) is 2.28. The van der Waals surface area contributed by atoms with Gasteiger partial charge in [-0.3, -0.25) is 9.59 Å². The number of rotatable bonds is 10. The Balaban J connectivity index is 1.84. The first-order valence-electron chi connectivity index (χ1n) is 14.9. The van der Waals surface area contributed by atoms with Crippen LogP contribution in [-0.4, -0.2) is 59.0 Å². The number of nitrogens with zero attached hydrogens (tertiary/aromatic N) is 2. The number of pyridine rings is 1. The van der Waals surface area contributed by atoms with Crippen LogP contribution < -0.4 is 10.5 Å². The zero-order valence-corrected chi connectivity index (χ0v) is 26.5. The summed E-state index contributed by atoms with van der Waals surface area (Å²) in [4.78, 5) is 44.8. The van der Waals surface area contributed by atoms with Crippen molar-refractivity contribution in [2.24, 2.45) is 0 Å². The topological polar surface area (TPSA) is 132 Å². The number of nitrogens with two attached hydrogens (primary N) is 1. The van der Waals surface area contributed by atoms with Gasteiger partial charge in [-0.2, -0.15) is 0 Å². The molecule has 0 radical (unpaired) electrons. The molecule has 2 atom stereocenters. The number of benzene rings is 2. The van der Waals surface area contributed by atoms with Crippen LogP contribution in [0, 0.1) is 0 Å². The normalized spacial score (nSPS) is 17.8. The minimum atomic E-state index is -1.92. The van der Waals surface area contributed by atoms with Crippen LogP contribution in [0.5, 0.6) is 5.75 Å². The summed E-state index contributed by atoms with van der Waals surface area (Å²) in [7, 11) is 3.38. The standard InChI is InChI=1S/C35H41N3O6/c1-8-25-26(9-2)31(20(4)17-29-28(21(5)39)19-43-34(41)35(29,42)10-3)37-30-16-15-24(18-27(25)30)44-32(33(40)38(6)7)22-11-13-23(36)14-12-22/h11-18,32,42H,8-10,19,36H2,1-7H3/b20-17+/t32?,35-/m0/s1. The molecule has 0 saturated carbocycles. The van der Waals surface area contributed by atoms with E-state index in [1.165, 1.54) is 11.8 Å². The van der Waals surface area contributed by atoms with E-state index < -0.39 is 17.7 Å². The number of likely N-dealkylation sites (N-methyl/N-ethyl adjacent to an activating group) is 1. The van der Waals surface area contributed by atoms with Crippen molar-refractivity contribution in [1.82, 2.24) is 9.88 Å². The second-order valence-corrected chi connectivity index (χ2v) is 11.3. The number of aromatic nitrogens is 1. The molecule has 3 aromatic rings. The molecule has 9 nitrogen and oxygen atoms in total. The molecule has 2 heterocycles. The van der Waals surface area contributed by atoms with Crippen LogP contribution in [0.4, 0.5) is 5.69 Å². The number of amides is 1. The molecule has 0 fully saturated rings. The highest BCUT2D eigenvalue weighted by Crippen LogP contribution is 2.36. The lowest BCUT2D eigenvalue weighted by atomic mass is 9.82. The second-order valence-electron chi connectivity index (χ2n) is 11.3. The van der Waals surface area contributed by atoms with E-state index in [0.717, 1.165) is 27.7 Å². The number of hydrogen-bond donors (Lipinski definition) is 2. The Morgan fingerprint density at radius 2 is 1.75 bits per heavy atom. The van der Waals surface area contributed by atoms with Crippen molar-refractivity contribution in [3.8, 4) is 5.75 Å². The quantitative estimate of drug-likeness (QED) is 0.242. The Morgan fingerprint density at radius 3 is 2.32 bits per heavy atom. The number of ether oxygens (including phenoxy) is 2. The zero-order valence-electron chi connectivity index (χ0n) is 26.5. The van der Waals surface area contributed by atoms with Crippen molar-refractivity contribution >= 4 is 39.8 Å². The van der Waals surface area contributed by atoms with Gasteiger partial charge in [0.05, 0.1) is 11.2 Å². The molecule has 4 rings (SSSR count). The molecule has 0 bridgehead atoms. The van der Waals surface area contributed by atoms with Gasteiger partial charge in [0.15, 0.2) is 11.4 Å². The maximum Gasteiger partial charge on any atom is 0.343 e. The molecule has 3 N–H and O–H groups in total. The monoisotopic (exact) mass is 599 g/mol. The van der Waals surface area contributed by atoms with Gasteiger partial charge >= 0.3 is 5.97 Å². The number of cyclic esters (lactones) is 1. The van der Waals surface area contributed by atoms with Gasteiger partial charge in [-0.05, 0) is 86.2 Å². The van der Waals surface area contributed by atoms with Crippen LogP contribution in [0.15, 0.2) is 59.7 Å². The molecule has 44 heavy (non-hydrogen) atoms. The second kappa shape index (κ2) is 13.0. The highest BCUT2D eigenvalue weighted by molar-refractivity contribution is 6.00. The van der Waals surface area contributed by atoms with E-state index in [4.69, 9.17) is 20.2 Å². The third kappa shape index (κ3) is 6.10. The van der Waals surface area contributed by atoms with E-state index in [1.807, 2.05) is 26.0 Å². The Bertz CT molecular complexity index is 1670. The molecule has 1 aromatic heterocycles. The molecule has 9 heteroatoms. The van der Waals surface area contributed by atoms with Crippen LogP contribution in [0.3, 0.4) is 0 Å². The lowest BCUT2D eigenvalue weighted by Gasteiger charge is -2.32. The number of fused-ring (bicyclic) bond motifs is 1. The fourth-order valence-electron chi connectivity index (χ4n) is 5.65. The highest BCUT2D eigenvalue weighted by atomic mass is 16.6. The van der Waals surface area contributed by atoms with Crippen LogP contribution in [0.2, 0.25) is 0 Å². The molecule has 0 saturated heterocycles. The minimum Gasteiger partial charge on any atom is -0.476 e. The van der Waals surface area contributed by atoms with Crippen LogP contribution in [0.1, 0.15) is 69.5 Å². The van der Waals surface area contributed by atoms with E-state index in [0.29, 0.717) is 35.4 Å². The smallest absolute Gasteiger partial charge is 0.343 e. The number of esters is 1. The van der Waals surface area contributed by atoms with Crippen molar-refractivity contribution in [3.05, 3.63) is 82.1 Å². The molecule has 232 valence electrons. The molecule has 1 unspecified atom stereocenters. The summed E-state index contributed by atoms with van der Waals surface area (Å²) in [5.74, 6) is -0.708. The minimum absolute atomic E-state index is 0.0597. The molecule has 0 spiro atoms. The first-order valence-corrected chi connectivity index (χ1v) is 14.9. The molecule has 0 aliphatic carbocycles. The largest absolute Gasteiger partial charge is 0.476 e. The van der Waals surface area contributed by atoms with Gasteiger partial charge in [0, 0.05) is 41.9 Å². The average Bonchev–Trinajstić information content (AvgIpc) is 3.00. The molecule has 2 aromatic carbocycles. The van der Waals surface area contributed by atoms with Gasteiger partial charge < -0.3 is 25.2 Å². The summed E-state index contributed by atoms with van der Waals surface area (Å²) < 4.78 is 11.5. The van der Waals surface area contributed by atoms with Crippen molar-refractivity contribution in [3.63, 3.8) is 0 Å². The van der Waals surface area contributed by atoms with Crippen molar-refractivity contribution in [2.45, 2.75) is 65.6 Å². The van der Waals surface area contributed by atoms with Gasteiger partial charge in [-0.15, -0.1) is 0 Å². The van der Waals surface area contributed by atoms with E-state index in [-0.39, 0.29) is 35.9 Å². The van der Waals surface area contributed by atoms with Gasteiger partial charge in [0.25, 0.3) is 5.91 Å². The molecule has 1 aliphatic heterocycles. The van der Waals surface area contributed by atoms with Crippen LogP contribution >= 0.6 is 0 Å². The van der Waals surface area contributed by atoms with Gasteiger partial charge in [-0.25, -0.2) is 9.78 Å². The number of aliphatic hydroxyl groups is 1. The molecular weight excluding hydrogens is 558 g/mol. The summed E-state index contributed by atoms with van der Waals surface area (Å²) in [6.45, 7) is 8.89. The SMILES string of the molecule is CCc1c(/C(C)=C/C2=C(C(C)=O)COC(=O)[C@]2(O)CC)nc2ccc(OC(C(=O)N(C)C)c3ccc(N)cc3)cc2c1CC. The van der Waals surface area contributed by atoms with E-state index in [1.54, 1.807) is 57.4 Å². The van der Waals surface area contributed by atoms with E-state index in [9.17, 15) is 19.5 Å². The number of hydrogen-bond acceptors (Lipinski definition) is 8. The third-order valence-corrected chi connectivity index (χ3v) is 8.17. The number of ketones is 1. The summed E-state index contributed by atoms with van der Waals surface area (Å²) in [5, 5.41) is 12.2. The number of Topliss-reactive ketones (excluding diaryl/α,β-unsaturated/α-hetero) is 1. The van der Waals surface area contributed by atoms with Gasteiger partial charge in [0.2, 0.25) is 6.10 Å². The molecular formula is C35H41N3O6. The molecule has 1 amide bonds. The van der Waals surface area contributed by atoms with E-state index in [2.05, 4.69) is 6.92 Å². The number of anilines is 1. The first-order chi connectivity index (χ1) is 20.9. The Kier molecular flexibility index (Phi) is 9.59. The summed E-state index contributed by atoms with van der Waals surface area (Å²) in [6, 6.07) is 12.6. The number of allylic oxidation sites excluding steroid dienone is 1. The summed E-state index contributed by atoms with van der Waals surface area (Å²) >= 11 is 0. The number of carbonyl (C=O) groups excluding carboxylic acids is 3. The highest BCUT2D eigenvalue weighted by Gasteiger charge is 2.44. The number of carbonyl (C=O) groups is 3. The lowest BCUT2D eigenvalue weighted by molar-refractivity contribution is -0.163. The lowest BCUT2D eigenvalue weighted by Crippen LogP contribution is -2.46. The van der Waals surface area contributed by atoms with Crippen molar-refractivity contribution < 1.29 is 29.0 Å². The van der Waals surface area contributed by atoms with E-state index >= 15 is 0 Å². The van der Waals surface area contributed by atoms with Gasteiger partial charge in [0.1, 0.15) is 12.4 Å². The Morgan fingerprint density at radius 1 is 1.09 bits per heavy atom. The van der Waals surface area contributed by atoms with Crippen LogP contribution in [0.25, 0.3) is 16.5 Å². The number of nitrogen functional groups attached to an aromatic ring is 1. The fourth-order valence-corrected chi connectivity index (χ4v) is 5.65. The summed E-state index contributed by atoms with van der Waals surface area (Å²) in [5.41, 5.74) is 10.0. The predicted octanol–water partition coefficient (Wildman–Crippen LogP) is 5.14. The third-order valence-electron chi connectivity index (χ3n) is 8.17. The Labute approximate surface area is 258 Å². The number of aryl methyl sites for hydroxylation is 1. The fraction of sp³-hybridized carbons (Fsp3) is 0.371. The van der Waals surface area contributed by atoms with Crippen LogP contribution in [-0.2, 0) is 32.0 Å². The maximum absolute atomic E-state index is 13.1. The maximum atomic E-state index is 13.1. The predicted molar refractivity (Wildman–Crippen MR) is 171 cm³/mol. The average molecular weight is 600 g/mol. The molecule has 1 aliphatic rings. The first kappa shape index (κ1) is 32.4. The Hall–Kier alpha value is -4.50. The zero-order chi connectivity index (χ0) is 32.3. The van der Waals surface area contributed by atoms with Crippen molar-refractivity contribution in [1.29, 1.82) is 0 Å². The van der Waals surface area contributed by atoms with Crippen molar-refractivity contribution in [2.75, 3.05) is 26.4 Å².